The SMILES string of the molecule is CC1(C)c2ccc(-c3ccc(N(c4ccc(-c5ccccc5)cc4)c4ccc(-c5ccc6sc7ccccc7c6c5)cc4)cc3)cc2-c2ccc(-c3cccc4c3oc3ccccc34)cc21. The summed E-state index contributed by atoms with van der Waals surface area (Å²) in [5.41, 5.74) is 19.9. The molecule has 0 radical (unpaired) electrons. The Labute approximate surface area is 388 Å². The highest BCUT2D eigenvalue weighted by Crippen LogP contribution is 2.51. The Morgan fingerprint density at radius 2 is 0.894 bits per heavy atom. The average molecular weight is 862 g/mol. The van der Waals surface area contributed by atoms with Gasteiger partial charge in [0, 0.05) is 59.0 Å². The number of anilines is 3. The van der Waals surface area contributed by atoms with Crippen LogP contribution >= 0.6 is 11.3 Å². The monoisotopic (exact) mass is 861 g/mol. The van der Waals surface area contributed by atoms with Crippen LogP contribution < -0.4 is 4.90 Å². The number of para-hydroxylation sites is 2. The molecule has 0 aliphatic heterocycles. The van der Waals surface area contributed by atoms with Gasteiger partial charge < -0.3 is 9.32 Å². The third-order valence-corrected chi connectivity index (χ3v) is 15.1. The van der Waals surface area contributed by atoms with Crippen molar-refractivity contribution >= 4 is 70.5 Å². The molecule has 0 amide bonds. The van der Waals surface area contributed by atoms with E-state index in [9.17, 15) is 0 Å². The summed E-state index contributed by atoms with van der Waals surface area (Å²) in [5, 5.41) is 4.94. The standard InChI is InChI=1S/C63H43NOS/c1-63(2)57-35-26-44(37-55(57)51-34-25-46(39-58(51)63)50-15-10-16-54-52-13-6-8-17-59(52)65-62(50)54)42-21-30-48(31-22-42)64(47-28-19-41(20-29-47)40-11-4-3-5-12-40)49-32-23-43(24-33-49)45-27-36-61-56(38-45)53-14-7-9-18-60(53)66-61/h3-39H,1-2H3. The molecule has 312 valence electrons. The molecule has 0 bridgehead atoms. The highest BCUT2D eigenvalue weighted by atomic mass is 32.1. The lowest BCUT2D eigenvalue weighted by Crippen LogP contribution is -2.15. The highest BCUT2D eigenvalue weighted by Gasteiger charge is 2.36. The maximum Gasteiger partial charge on any atom is 0.143 e. The van der Waals surface area contributed by atoms with E-state index in [0.29, 0.717) is 0 Å². The van der Waals surface area contributed by atoms with E-state index in [1.54, 1.807) is 0 Å². The number of furan rings is 1. The summed E-state index contributed by atoms with van der Waals surface area (Å²) in [5.74, 6) is 0. The summed E-state index contributed by atoms with van der Waals surface area (Å²) in [7, 11) is 0. The van der Waals surface area contributed by atoms with Crippen molar-refractivity contribution in [3.8, 4) is 55.6 Å². The van der Waals surface area contributed by atoms with Gasteiger partial charge in [-0.05, 0) is 134 Å². The molecule has 0 N–H and O–H groups in total. The van der Waals surface area contributed by atoms with Crippen molar-refractivity contribution in [2.24, 2.45) is 0 Å². The molecule has 2 nitrogen and oxygen atoms in total. The van der Waals surface area contributed by atoms with Gasteiger partial charge in [0.05, 0.1) is 0 Å². The van der Waals surface area contributed by atoms with Crippen molar-refractivity contribution in [1.29, 1.82) is 0 Å². The molecule has 0 spiro atoms. The quantitative estimate of drug-likeness (QED) is 0.159. The van der Waals surface area contributed by atoms with Crippen LogP contribution in [0, 0.1) is 0 Å². The fraction of sp³-hybridized carbons (Fsp3) is 0.0476. The number of benzene rings is 10. The fourth-order valence-electron chi connectivity index (χ4n) is 10.5. The summed E-state index contributed by atoms with van der Waals surface area (Å²) in [6, 6.07) is 82.1. The van der Waals surface area contributed by atoms with Crippen LogP contribution in [0.1, 0.15) is 25.0 Å². The first-order valence-corrected chi connectivity index (χ1v) is 23.5. The first-order chi connectivity index (χ1) is 32.4. The van der Waals surface area contributed by atoms with Gasteiger partial charge in [-0.3, -0.25) is 0 Å². The molecular formula is C63H43NOS. The summed E-state index contributed by atoms with van der Waals surface area (Å²) in [6.07, 6.45) is 0. The van der Waals surface area contributed by atoms with Crippen molar-refractivity contribution in [1.82, 2.24) is 0 Å². The summed E-state index contributed by atoms with van der Waals surface area (Å²) < 4.78 is 9.12. The summed E-state index contributed by atoms with van der Waals surface area (Å²) >= 11 is 1.86. The number of thiophene rings is 1. The summed E-state index contributed by atoms with van der Waals surface area (Å²) in [6.45, 7) is 4.71. The average Bonchev–Trinajstić information content (AvgIpc) is 4.02. The molecular weight excluding hydrogens is 819 g/mol. The van der Waals surface area contributed by atoms with E-state index >= 15 is 0 Å². The van der Waals surface area contributed by atoms with Gasteiger partial charge >= 0.3 is 0 Å². The molecule has 2 heterocycles. The molecule has 13 rings (SSSR count). The first kappa shape index (κ1) is 38.5. The Balaban J connectivity index is 0.843. The van der Waals surface area contributed by atoms with Crippen molar-refractivity contribution in [2.45, 2.75) is 19.3 Å². The Hall–Kier alpha value is -7.98. The van der Waals surface area contributed by atoms with Gasteiger partial charge in [0.2, 0.25) is 0 Å². The third-order valence-electron chi connectivity index (χ3n) is 13.9. The predicted molar refractivity (Wildman–Crippen MR) is 281 cm³/mol. The number of hydrogen-bond acceptors (Lipinski definition) is 3. The minimum Gasteiger partial charge on any atom is -0.455 e. The molecule has 0 fully saturated rings. The molecule has 0 unspecified atom stereocenters. The molecule has 0 saturated heterocycles. The lowest BCUT2D eigenvalue weighted by Gasteiger charge is -2.26. The number of hydrogen-bond donors (Lipinski definition) is 0. The normalized spacial score (nSPS) is 12.8. The largest absolute Gasteiger partial charge is 0.455 e. The van der Waals surface area contributed by atoms with Crippen molar-refractivity contribution < 1.29 is 4.42 Å². The van der Waals surface area contributed by atoms with E-state index in [0.717, 1.165) is 44.6 Å². The molecule has 12 aromatic rings. The van der Waals surface area contributed by atoms with Gasteiger partial charge in [-0.1, -0.05) is 166 Å². The molecule has 3 heteroatoms. The zero-order valence-corrected chi connectivity index (χ0v) is 37.4. The Bertz CT molecular complexity index is 3820. The Morgan fingerprint density at radius 1 is 0.348 bits per heavy atom. The zero-order chi connectivity index (χ0) is 43.9. The van der Waals surface area contributed by atoms with E-state index < -0.39 is 0 Å². The van der Waals surface area contributed by atoms with Crippen LogP contribution in [0.2, 0.25) is 0 Å². The van der Waals surface area contributed by atoms with Gasteiger partial charge in [0.1, 0.15) is 11.2 Å². The van der Waals surface area contributed by atoms with Gasteiger partial charge in [-0.25, -0.2) is 0 Å². The predicted octanol–water partition coefficient (Wildman–Crippen LogP) is 18.4. The molecule has 10 aromatic carbocycles. The van der Waals surface area contributed by atoms with Gasteiger partial charge in [0.15, 0.2) is 0 Å². The first-order valence-electron chi connectivity index (χ1n) is 22.7. The van der Waals surface area contributed by atoms with Crippen LogP contribution in [0.15, 0.2) is 229 Å². The van der Waals surface area contributed by atoms with Crippen LogP contribution in [0.3, 0.4) is 0 Å². The smallest absolute Gasteiger partial charge is 0.143 e. The van der Waals surface area contributed by atoms with Crippen molar-refractivity contribution in [2.75, 3.05) is 4.90 Å². The van der Waals surface area contributed by atoms with E-state index in [4.69, 9.17) is 4.42 Å². The van der Waals surface area contributed by atoms with Crippen LogP contribution in [-0.2, 0) is 5.41 Å². The van der Waals surface area contributed by atoms with Crippen molar-refractivity contribution in [3.05, 3.63) is 236 Å². The number of nitrogens with zero attached hydrogens (tertiary/aromatic N) is 1. The lowest BCUT2D eigenvalue weighted by molar-refractivity contribution is 0.660. The van der Waals surface area contributed by atoms with Gasteiger partial charge in [-0.15, -0.1) is 11.3 Å². The van der Waals surface area contributed by atoms with E-state index in [1.165, 1.54) is 81.4 Å². The molecule has 0 atom stereocenters. The van der Waals surface area contributed by atoms with E-state index in [-0.39, 0.29) is 5.41 Å². The van der Waals surface area contributed by atoms with Crippen LogP contribution in [-0.4, -0.2) is 0 Å². The topological polar surface area (TPSA) is 16.4 Å². The van der Waals surface area contributed by atoms with Gasteiger partial charge in [0.25, 0.3) is 0 Å². The van der Waals surface area contributed by atoms with Gasteiger partial charge in [-0.2, -0.15) is 0 Å². The zero-order valence-electron chi connectivity index (χ0n) is 36.6. The second-order valence-corrected chi connectivity index (χ2v) is 19.2. The van der Waals surface area contributed by atoms with Crippen LogP contribution in [0.4, 0.5) is 17.1 Å². The maximum atomic E-state index is 6.47. The number of fused-ring (bicyclic) bond motifs is 9. The minimum absolute atomic E-state index is 0.151. The fourth-order valence-corrected chi connectivity index (χ4v) is 11.6. The molecule has 1 aliphatic carbocycles. The third kappa shape index (κ3) is 6.23. The molecule has 1 aliphatic rings. The highest BCUT2D eigenvalue weighted by molar-refractivity contribution is 7.25. The minimum atomic E-state index is -0.151. The molecule has 0 saturated carbocycles. The Morgan fingerprint density at radius 3 is 1.62 bits per heavy atom. The van der Waals surface area contributed by atoms with E-state index in [1.807, 2.05) is 17.4 Å². The van der Waals surface area contributed by atoms with Crippen LogP contribution in [0.25, 0.3) is 97.7 Å². The van der Waals surface area contributed by atoms with E-state index in [2.05, 4.69) is 237 Å². The maximum absolute atomic E-state index is 6.47. The summed E-state index contributed by atoms with van der Waals surface area (Å²) in [4.78, 5) is 2.36. The molecule has 2 aromatic heterocycles. The second kappa shape index (κ2) is 15.1. The Kier molecular flexibility index (Phi) is 8.78. The second-order valence-electron chi connectivity index (χ2n) is 18.1. The lowest BCUT2D eigenvalue weighted by atomic mass is 9.81. The van der Waals surface area contributed by atoms with Crippen molar-refractivity contribution in [3.63, 3.8) is 0 Å². The van der Waals surface area contributed by atoms with Crippen LogP contribution in [0.5, 0.6) is 0 Å². The number of rotatable bonds is 7. The molecule has 66 heavy (non-hydrogen) atoms.